The first-order chi connectivity index (χ1) is 18.3. The summed E-state index contributed by atoms with van der Waals surface area (Å²) in [6, 6.07) is 5.70. The second kappa shape index (κ2) is 12.6. The van der Waals surface area contributed by atoms with E-state index in [-0.39, 0.29) is 12.8 Å². The molecule has 3 rings (SSSR count). The third kappa shape index (κ3) is 5.24. The van der Waals surface area contributed by atoms with Crippen molar-refractivity contribution in [1.82, 2.24) is 4.57 Å². The number of fused-ring (bicyclic) bond motifs is 1. The number of ether oxygens (including phenoxy) is 7. The van der Waals surface area contributed by atoms with E-state index in [1.165, 1.54) is 0 Å². The standard InChI is InChI=1S/C29H37NO8/c1-10-30-25(20-14-21(33-6)27(36-9)22(15-20)34-7)18(4)24-19(12-17(3)29(31)37-11-2)13-23(35-8)28(26(24)30)38-16-32-5/h12-15H,10-11,16H2,1-9H3/b17-12+. The summed E-state index contributed by atoms with van der Waals surface area (Å²) in [4.78, 5) is 12.5. The highest BCUT2D eigenvalue weighted by atomic mass is 16.7. The molecule has 206 valence electrons. The topological polar surface area (TPSA) is 86.6 Å². The van der Waals surface area contributed by atoms with Gasteiger partial charge in [-0.2, -0.15) is 0 Å². The molecule has 0 aliphatic carbocycles. The van der Waals surface area contributed by atoms with Gasteiger partial charge in [-0.1, -0.05) is 0 Å². The first-order valence-electron chi connectivity index (χ1n) is 12.3. The lowest BCUT2D eigenvalue weighted by Crippen LogP contribution is -2.06. The Labute approximate surface area is 223 Å². The second-order valence-electron chi connectivity index (χ2n) is 8.45. The zero-order chi connectivity index (χ0) is 28.0. The van der Waals surface area contributed by atoms with E-state index < -0.39 is 0 Å². The molecule has 1 heterocycles. The van der Waals surface area contributed by atoms with Crippen LogP contribution < -0.4 is 23.7 Å². The molecule has 0 radical (unpaired) electrons. The van der Waals surface area contributed by atoms with Gasteiger partial charge in [0, 0.05) is 30.2 Å². The molecule has 0 N–H and O–H groups in total. The largest absolute Gasteiger partial charge is 0.493 e. The molecule has 0 aliphatic rings. The Hall–Kier alpha value is -3.85. The van der Waals surface area contributed by atoms with E-state index in [1.54, 1.807) is 49.4 Å². The molecule has 0 saturated carbocycles. The minimum Gasteiger partial charge on any atom is -0.493 e. The van der Waals surface area contributed by atoms with Crippen LogP contribution in [0.4, 0.5) is 0 Å². The van der Waals surface area contributed by atoms with Crippen molar-refractivity contribution in [2.45, 2.75) is 34.2 Å². The molecule has 9 nitrogen and oxygen atoms in total. The van der Waals surface area contributed by atoms with Gasteiger partial charge in [0.1, 0.15) is 0 Å². The van der Waals surface area contributed by atoms with E-state index in [0.717, 1.165) is 33.3 Å². The maximum absolute atomic E-state index is 12.5. The van der Waals surface area contributed by atoms with Crippen molar-refractivity contribution in [3.8, 4) is 40.0 Å². The maximum Gasteiger partial charge on any atom is 0.333 e. The van der Waals surface area contributed by atoms with Gasteiger partial charge in [0.2, 0.25) is 5.75 Å². The van der Waals surface area contributed by atoms with Crippen LogP contribution in [-0.2, 0) is 20.8 Å². The summed E-state index contributed by atoms with van der Waals surface area (Å²) in [5.41, 5.74) is 4.85. The van der Waals surface area contributed by atoms with Crippen molar-refractivity contribution >= 4 is 22.9 Å². The van der Waals surface area contributed by atoms with Crippen molar-refractivity contribution in [2.24, 2.45) is 0 Å². The summed E-state index contributed by atoms with van der Waals surface area (Å²) < 4.78 is 41.2. The van der Waals surface area contributed by atoms with Crippen LogP contribution in [0, 0.1) is 6.92 Å². The molecular weight excluding hydrogens is 490 g/mol. The fourth-order valence-electron chi connectivity index (χ4n) is 4.70. The van der Waals surface area contributed by atoms with Gasteiger partial charge in [0.15, 0.2) is 29.8 Å². The van der Waals surface area contributed by atoms with Crippen molar-refractivity contribution in [3.05, 3.63) is 34.9 Å². The van der Waals surface area contributed by atoms with Crippen molar-refractivity contribution in [2.75, 3.05) is 48.9 Å². The highest BCUT2D eigenvalue weighted by molar-refractivity contribution is 6.04. The van der Waals surface area contributed by atoms with E-state index in [0.29, 0.717) is 47.5 Å². The summed E-state index contributed by atoms with van der Waals surface area (Å²) >= 11 is 0. The molecule has 0 fully saturated rings. The number of hydrogen-bond donors (Lipinski definition) is 0. The van der Waals surface area contributed by atoms with Crippen LogP contribution in [-0.4, -0.2) is 59.5 Å². The number of nitrogens with zero attached hydrogens (tertiary/aromatic N) is 1. The number of aryl methyl sites for hydroxylation is 2. The Balaban J connectivity index is 2.49. The van der Waals surface area contributed by atoms with E-state index in [2.05, 4.69) is 11.5 Å². The molecule has 0 bridgehead atoms. The van der Waals surface area contributed by atoms with Gasteiger partial charge in [-0.3, -0.25) is 0 Å². The number of methoxy groups -OCH3 is 5. The van der Waals surface area contributed by atoms with Crippen molar-refractivity contribution in [1.29, 1.82) is 0 Å². The first kappa shape index (κ1) is 28.7. The van der Waals surface area contributed by atoms with Crippen LogP contribution >= 0.6 is 0 Å². The van der Waals surface area contributed by atoms with Gasteiger partial charge >= 0.3 is 5.97 Å². The zero-order valence-corrected chi connectivity index (χ0v) is 23.6. The quantitative estimate of drug-likeness (QED) is 0.170. The molecule has 9 heteroatoms. The van der Waals surface area contributed by atoms with Gasteiger partial charge in [-0.05, 0) is 63.1 Å². The Bertz CT molecular complexity index is 1310. The van der Waals surface area contributed by atoms with Gasteiger partial charge in [0.25, 0.3) is 0 Å². The predicted octanol–water partition coefficient (Wildman–Crippen LogP) is 5.62. The van der Waals surface area contributed by atoms with Crippen LogP contribution in [0.5, 0.6) is 28.7 Å². The summed E-state index contributed by atoms with van der Waals surface area (Å²) in [6.45, 7) is 8.56. The Morgan fingerprint density at radius 1 is 0.895 bits per heavy atom. The first-order valence-corrected chi connectivity index (χ1v) is 12.3. The lowest BCUT2D eigenvalue weighted by molar-refractivity contribution is -0.138. The molecule has 1 aromatic heterocycles. The molecule has 0 saturated heterocycles. The number of rotatable bonds is 12. The monoisotopic (exact) mass is 527 g/mol. The maximum atomic E-state index is 12.5. The number of aromatic nitrogens is 1. The van der Waals surface area contributed by atoms with E-state index in [9.17, 15) is 4.79 Å². The Morgan fingerprint density at radius 3 is 2.00 bits per heavy atom. The van der Waals surface area contributed by atoms with E-state index in [4.69, 9.17) is 33.2 Å². The highest BCUT2D eigenvalue weighted by Crippen LogP contribution is 2.48. The van der Waals surface area contributed by atoms with Crippen LogP contribution in [0.3, 0.4) is 0 Å². The van der Waals surface area contributed by atoms with Gasteiger partial charge in [0.05, 0.1) is 46.3 Å². The SMILES string of the molecule is CCOC(=O)/C(C)=C/c1cc(OC)c(OCOC)c2c1c(C)c(-c1cc(OC)c(OC)c(OC)c1)n2CC. The van der Waals surface area contributed by atoms with Crippen LogP contribution in [0.1, 0.15) is 31.9 Å². The zero-order valence-electron chi connectivity index (χ0n) is 23.6. The number of esters is 1. The predicted molar refractivity (Wildman–Crippen MR) is 147 cm³/mol. The molecular formula is C29H37NO8. The van der Waals surface area contributed by atoms with Gasteiger partial charge < -0.3 is 37.7 Å². The summed E-state index contributed by atoms with van der Waals surface area (Å²) in [5.74, 6) is 2.27. The normalized spacial score (nSPS) is 11.4. The van der Waals surface area contributed by atoms with Gasteiger partial charge in [-0.25, -0.2) is 4.79 Å². The summed E-state index contributed by atoms with van der Waals surface area (Å²) in [7, 11) is 7.90. The van der Waals surface area contributed by atoms with Crippen LogP contribution in [0.2, 0.25) is 0 Å². The minimum absolute atomic E-state index is 0.0377. The molecule has 0 amide bonds. The minimum atomic E-state index is -0.378. The molecule has 0 spiro atoms. The number of carbonyl (C=O) groups excluding carboxylic acids is 1. The van der Waals surface area contributed by atoms with Crippen molar-refractivity contribution in [3.63, 3.8) is 0 Å². The van der Waals surface area contributed by atoms with Gasteiger partial charge in [-0.15, -0.1) is 0 Å². The third-order valence-electron chi connectivity index (χ3n) is 6.29. The molecule has 38 heavy (non-hydrogen) atoms. The molecule has 3 aromatic rings. The molecule has 0 aliphatic heterocycles. The van der Waals surface area contributed by atoms with Crippen molar-refractivity contribution < 1.29 is 38.0 Å². The van der Waals surface area contributed by atoms with E-state index in [1.807, 2.05) is 31.2 Å². The number of carbonyl (C=O) groups is 1. The average molecular weight is 528 g/mol. The van der Waals surface area contributed by atoms with Crippen LogP contribution in [0.25, 0.3) is 28.2 Å². The number of hydrogen-bond acceptors (Lipinski definition) is 8. The third-order valence-corrected chi connectivity index (χ3v) is 6.29. The average Bonchev–Trinajstić information content (AvgIpc) is 3.23. The second-order valence-corrected chi connectivity index (χ2v) is 8.45. The molecule has 0 atom stereocenters. The van der Waals surface area contributed by atoms with Crippen LogP contribution in [0.15, 0.2) is 23.8 Å². The summed E-state index contributed by atoms with van der Waals surface area (Å²) in [6.07, 6.45) is 1.81. The fraction of sp³-hybridized carbons (Fsp3) is 0.414. The van der Waals surface area contributed by atoms with E-state index >= 15 is 0 Å². The lowest BCUT2D eigenvalue weighted by atomic mass is 10.00. The smallest absolute Gasteiger partial charge is 0.333 e. The fourth-order valence-corrected chi connectivity index (χ4v) is 4.70. The Morgan fingerprint density at radius 2 is 1.50 bits per heavy atom. The summed E-state index contributed by atoms with van der Waals surface area (Å²) in [5, 5.41) is 0.908. The highest BCUT2D eigenvalue weighted by Gasteiger charge is 2.26. The Kier molecular flexibility index (Phi) is 9.52. The molecule has 0 unspecified atom stereocenters. The lowest BCUT2D eigenvalue weighted by Gasteiger charge is -2.17. The molecule has 2 aromatic carbocycles. The number of benzene rings is 2.